The quantitative estimate of drug-likeness (QED) is 0.400. The maximum Gasteiger partial charge on any atom is 0.293 e. The first kappa shape index (κ1) is 18.1. The van der Waals surface area contributed by atoms with Gasteiger partial charge in [0.1, 0.15) is 29.5 Å². The zero-order valence-electron chi connectivity index (χ0n) is 14.0. The molecule has 1 aliphatic heterocycles. The second-order valence-corrected chi connectivity index (χ2v) is 6.23. The van der Waals surface area contributed by atoms with E-state index in [0.29, 0.717) is 16.6 Å². The normalized spacial score (nSPS) is 28.1. The van der Waals surface area contributed by atoms with Crippen molar-refractivity contribution in [1.82, 2.24) is 14.5 Å². The SMILES string of the molecule is C[C@@]1(O)C(O)C(CCO)OC1n1cc(C#CC(N)=O)c2c(N)ncnc21. The summed E-state index contributed by atoms with van der Waals surface area (Å²) in [6.45, 7) is 1.21. The minimum Gasteiger partial charge on any atom is -0.396 e. The second-order valence-electron chi connectivity index (χ2n) is 6.23. The monoisotopic (exact) mass is 361 g/mol. The van der Waals surface area contributed by atoms with Crippen molar-refractivity contribution in [3.8, 4) is 11.8 Å². The smallest absolute Gasteiger partial charge is 0.293 e. The minimum absolute atomic E-state index is 0.132. The van der Waals surface area contributed by atoms with Gasteiger partial charge in [0.15, 0.2) is 6.23 Å². The minimum atomic E-state index is -1.67. The Labute approximate surface area is 148 Å². The molecule has 0 radical (unpaired) electrons. The maximum atomic E-state index is 11.0. The fraction of sp³-hybridized carbons (Fsp3) is 0.438. The molecule has 10 heteroatoms. The molecular weight excluding hydrogens is 342 g/mol. The first-order valence-corrected chi connectivity index (χ1v) is 7.86. The Hall–Kier alpha value is -2.71. The van der Waals surface area contributed by atoms with Gasteiger partial charge in [-0.3, -0.25) is 4.79 Å². The molecular formula is C16H19N5O5. The first-order valence-electron chi connectivity index (χ1n) is 7.86. The summed E-state index contributed by atoms with van der Waals surface area (Å²) in [4.78, 5) is 19.1. The predicted molar refractivity (Wildman–Crippen MR) is 90.3 cm³/mol. The van der Waals surface area contributed by atoms with Crippen molar-refractivity contribution in [1.29, 1.82) is 0 Å². The summed E-state index contributed by atoms with van der Waals surface area (Å²) in [7, 11) is 0. The zero-order chi connectivity index (χ0) is 19.1. The zero-order valence-corrected chi connectivity index (χ0v) is 14.0. The van der Waals surface area contributed by atoms with Crippen LogP contribution in [-0.4, -0.2) is 60.2 Å². The van der Waals surface area contributed by atoms with Crippen molar-refractivity contribution in [2.24, 2.45) is 5.73 Å². The van der Waals surface area contributed by atoms with Gasteiger partial charge >= 0.3 is 0 Å². The lowest BCUT2D eigenvalue weighted by Crippen LogP contribution is -2.43. The molecule has 1 saturated heterocycles. The van der Waals surface area contributed by atoms with Crippen LogP contribution in [0.15, 0.2) is 12.5 Å². The molecule has 0 aliphatic carbocycles. The van der Waals surface area contributed by atoms with Gasteiger partial charge in [-0.05, 0) is 13.3 Å². The molecule has 0 bridgehead atoms. The van der Waals surface area contributed by atoms with E-state index in [9.17, 15) is 15.0 Å². The van der Waals surface area contributed by atoms with Crippen LogP contribution in [0.5, 0.6) is 0 Å². The number of amides is 1. The topological polar surface area (TPSA) is 170 Å². The van der Waals surface area contributed by atoms with Crippen molar-refractivity contribution in [2.75, 3.05) is 12.3 Å². The van der Waals surface area contributed by atoms with Gasteiger partial charge in [-0.2, -0.15) is 0 Å². The highest BCUT2D eigenvalue weighted by Crippen LogP contribution is 2.41. The first-order chi connectivity index (χ1) is 12.3. The van der Waals surface area contributed by atoms with E-state index in [-0.39, 0.29) is 18.8 Å². The Morgan fingerprint density at radius 3 is 2.88 bits per heavy atom. The molecule has 1 aliphatic rings. The summed E-state index contributed by atoms with van der Waals surface area (Å²) in [6, 6.07) is 0. The number of primary amides is 1. The van der Waals surface area contributed by atoms with E-state index in [2.05, 4.69) is 21.8 Å². The van der Waals surface area contributed by atoms with Crippen LogP contribution in [0.2, 0.25) is 0 Å². The van der Waals surface area contributed by atoms with E-state index in [1.807, 2.05) is 0 Å². The Morgan fingerprint density at radius 2 is 2.23 bits per heavy atom. The molecule has 0 saturated carbocycles. The van der Waals surface area contributed by atoms with E-state index in [0.717, 1.165) is 0 Å². The molecule has 1 fully saturated rings. The standard InChI is InChI=1S/C16H19N5O5/c1-16(25)12(24)9(4-5-22)26-15(16)21-6-8(2-3-10(17)23)11-13(18)19-7-20-14(11)21/h6-7,9,12,15,22,24-25H,4-5H2,1H3,(H2,17,23)(H2,18,19,20)/t9?,12?,15?,16-/m1/s1. The molecule has 3 unspecified atom stereocenters. The van der Waals surface area contributed by atoms with E-state index in [4.69, 9.17) is 21.3 Å². The molecule has 4 atom stereocenters. The van der Waals surface area contributed by atoms with E-state index < -0.39 is 29.9 Å². The number of rotatable bonds is 3. The van der Waals surface area contributed by atoms with Gasteiger partial charge in [0, 0.05) is 18.7 Å². The lowest BCUT2D eigenvalue weighted by atomic mass is 9.95. The maximum absolute atomic E-state index is 11.0. The van der Waals surface area contributed by atoms with Crippen LogP contribution in [0, 0.1) is 11.8 Å². The summed E-state index contributed by atoms with van der Waals surface area (Å²) in [6.07, 6.45) is -0.120. The fourth-order valence-corrected chi connectivity index (χ4v) is 3.11. The molecule has 138 valence electrons. The van der Waals surface area contributed by atoms with Crippen molar-refractivity contribution < 1.29 is 24.9 Å². The van der Waals surface area contributed by atoms with E-state index >= 15 is 0 Å². The average Bonchev–Trinajstić information content (AvgIpc) is 3.04. The van der Waals surface area contributed by atoms with Crippen LogP contribution in [-0.2, 0) is 9.53 Å². The number of anilines is 1. The third-order valence-corrected chi connectivity index (χ3v) is 4.38. The fourth-order valence-electron chi connectivity index (χ4n) is 3.11. The number of fused-ring (bicyclic) bond motifs is 1. The van der Waals surface area contributed by atoms with Crippen molar-refractivity contribution in [2.45, 2.75) is 37.4 Å². The van der Waals surface area contributed by atoms with Crippen LogP contribution >= 0.6 is 0 Å². The Morgan fingerprint density at radius 1 is 1.50 bits per heavy atom. The summed E-state index contributed by atoms with van der Waals surface area (Å²) in [5.74, 6) is 4.14. The predicted octanol–water partition coefficient (Wildman–Crippen LogP) is -1.76. The van der Waals surface area contributed by atoms with Gasteiger partial charge in [-0.15, -0.1) is 0 Å². The van der Waals surface area contributed by atoms with Crippen LogP contribution in [0.3, 0.4) is 0 Å². The highest BCUT2D eigenvalue weighted by molar-refractivity contribution is 5.96. The number of hydrogen-bond acceptors (Lipinski definition) is 8. The van der Waals surface area contributed by atoms with Crippen molar-refractivity contribution in [3.63, 3.8) is 0 Å². The Bertz CT molecular complexity index is 913. The third-order valence-electron chi connectivity index (χ3n) is 4.38. The summed E-state index contributed by atoms with van der Waals surface area (Å²) < 4.78 is 7.24. The molecule has 26 heavy (non-hydrogen) atoms. The molecule has 1 amide bonds. The Kier molecular flexibility index (Phi) is 4.55. The highest BCUT2D eigenvalue weighted by Gasteiger charge is 2.53. The van der Waals surface area contributed by atoms with Crippen LogP contribution < -0.4 is 11.5 Å². The molecule has 3 heterocycles. The van der Waals surface area contributed by atoms with Gasteiger partial charge in [0.2, 0.25) is 0 Å². The lowest BCUT2D eigenvalue weighted by molar-refractivity contribution is -0.112. The van der Waals surface area contributed by atoms with Crippen LogP contribution in [0.25, 0.3) is 11.0 Å². The molecule has 2 aromatic heterocycles. The Balaban J connectivity index is 2.16. The average molecular weight is 361 g/mol. The summed E-state index contributed by atoms with van der Waals surface area (Å²) >= 11 is 0. The number of nitrogens with zero attached hydrogens (tertiary/aromatic N) is 3. The number of hydrogen-bond donors (Lipinski definition) is 5. The number of nitrogen functional groups attached to an aromatic ring is 1. The van der Waals surface area contributed by atoms with E-state index in [1.54, 1.807) is 0 Å². The summed E-state index contributed by atoms with van der Waals surface area (Å²) in [5, 5.41) is 30.6. The molecule has 0 aromatic carbocycles. The van der Waals surface area contributed by atoms with Crippen molar-refractivity contribution >= 4 is 22.8 Å². The number of nitrogens with two attached hydrogens (primary N) is 2. The third kappa shape index (κ3) is 2.87. The largest absolute Gasteiger partial charge is 0.396 e. The molecule has 0 spiro atoms. The van der Waals surface area contributed by atoms with Gasteiger partial charge in [0.05, 0.1) is 17.1 Å². The van der Waals surface area contributed by atoms with Crippen LogP contribution in [0.4, 0.5) is 5.82 Å². The van der Waals surface area contributed by atoms with Gasteiger partial charge in [0.25, 0.3) is 5.91 Å². The molecule has 7 N–H and O–H groups in total. The molecule has 2 aromatic rings. The van der Waals surface area contributed by atoms with Crippen LogP contribution in [0.1, 0.15) is 25.1 Å². The number of aliphatic hydroxyl groups is 3. The number of aromatic nitrogens is 3. The summed E-state index contributed by atoms with van der Waals surface area (Å²) in [5.41, 5.74) is 9.95. The number of ether oxygens (including phenoxy) is 1. The number of aliphatic hydroxyl groups excluding tert-OH is 2. The van der Waals surface area contributed by atoms with Crippen molar-refractivity contribution in [3.05, 3.63) is 18.1 Å². The van der Waals surface area contributed by atoms with Gasteiger partial charge < -0.3 is 36.1 Å². The number of carbonyl (C=O) groups is 1. The molecule has 3 rings (SSSR count). The van der Waals surface area contributed by atoms with Gasteiger partial charge in [-0.25, -0.2) is 9.97 Å². The number of carbonyl (C=O) groups excluding carboxylic acids is 1. The highest BCUT2D eigenvalue weighted by atomic mass is 16.6. The second kappa shape index (κ2) is 6.54. The molecule has 10 nitrogen and oxygen atoms in total. The van der Waals surface area contributed by atoms with Gasteiger partial charge in [-0.1, -0.05) is 5.92 Å². The van der Waals surface area contributed by atoms with E-state index in [1.165, 1.54) is 24.0 Å². The lowest BCUT2D eigenvalue weighted by Gasteiger charge is -2.27.